The Morgan fingerprint density at radius 1 is 1.07 bits per heavy atom. The van der Waals surface area contributed by atoms with Crippen LogP contribution in [-0.2, 0) is 0 Å². The third-order valence-corrected chi connectivity index (χ3v) is 6.54. The van der Waals surface area contributed by atoms with Gasteiger partial charge in [-0.15, -0.1) is 22.7 Å². The molecular formula is C21H18N2O2S2. The molecule has 2 N–H and O–H groups in total. The van der Waals surface area contributed by atoms with Crippen LogP contribution in [0.15, 0.2) is 60.7 Å². The quantitative estimate of drug-likeness (QED) is 0.511. The number of benzene rings is 2. The first-order valence-electron chi connectivity index (χ1n) is 8.59. The Balaban J connectivity index is 1.43. The van der Waals surface area contributed by atoms with E-state index in [0.29, 0.717) is 4.88 Å². The number of nitrogens with one attached hydrogen (secondary N) is 1. The Morgan fingerprint density at radius 3 is 2.63 bits per heavy atom. The summed E-state index contributed by atoms with van der Waals surface area (Å²) >= 11 is 3.03. The van der Waals surface area contributed by atoms with E-state index in [1.807, 2.05) is 61.5 Å². The summed E-state index contributed by atoms with van der Waals surface area (Å²) in [5.41, 5.74) is 2.90. The minimum absolute atomic E-state index is 0.177. The van der Waals surface area contributed by atoms with Gasteiger partial charge in [-0.05, 0) is 36.8 Å². The first-order chi connectivity index (χ1) is 13.1. The lowest BCUT2D eigenvalue weighted by molar-refractivity contribution is 0.0920. The molecule has 0 radical (unpaired) electrons. The number of aryl methyl sites for hydroxylation is 1. The van der Waals surface area contributed by atoms with Gasteiger partial charge in [0.25, 0.3) is 5.91 Å². The monoisotopic (exact) mass is 394 g/mol. The van der Waals surface area contributed by atoms with Crippen molar-refractivity contribution in [3.63, 3.8) is 0 Å². The largest absolute Gasteiger partial charge is 0.387 e. The number of para-hydroxylation sites is 1. The summed E-state index contributed by atoms with van der Waals surface area (Å²) in [6, 6.07) is 19.4. The number of hydrogen-bond acceptors (Lipinski definition) is 5. The van der Waals surface area contributed by atoms with Crippen LogP contribution in [0.4, 0.5) is 0 Å². The smallest absolute Gasteiger partial charge is 0.261 e. The maximum atomic E-state index is 12.4. The van der Waals surface area contributed by atoms with E-state index in [-0.39, 0.29) is 12.5 Å². The summed E-state index contributed by atoms with van der Waals surface area (Å²) in [4.78, 5) is 18.6. The van der Waals surface area contributed by atoms with Gasteiger partial charge in [0, 0.05) is 6.54 Å². The predicted molar refractivity (Wildman–Crippen MR) is 111 cm³/mol. The molecule has 0 unspecified atom stereocenters. The first-order valence-corrected chi connectivity index (χ1v) is 10.2. The molecule has 136 valence electrons. The van der Waals surface area contributed by atoms with Crippen LogP contribution in [0.5, 0.6) is 0 Å². The number of carbonyl (C=O) groups is 1. The average molecular weight is 395 g/mol. The van der Waals surface area contributed by atoms with E-state index >= 15 is 0 Å². The lowest BCUT2D eigenvalue weighted by Crippen LogP contribution is -2.27. The zero-order valence-electron chi connectivity index (χ0n) is 14.7. The predicted octanol–water partition coefficient (Wildman–Crippen LogP) is 4.80. The number of carbonyl (C=O) groups excluding carboxylic acids is 1. The number of aromatic nitrogens is 1. The van der Waals surface area contributed by atoms with E-state index in [9.17, 15) is 9.90 Å². The van der Waals surface area contributed by atoms with Crippen LogP contribution in [-0.4, -0.2) is 22.5 Å². The van der Waals surface area contributed by atoms with Crippen LogP contribution in [0, 0.1) is 6.92 Å². The number of nitrogens with zero attached hydrogens (tertiary/aromatic N) is 1. The van der Waals surface area contributed by atoms with Crippen LogP contribution in [0.2, 0.25) is 0 Å². The number of thiazole rings is 1. The van der Waals surface area contributed by atoms with Crippen molar-refractivity contribution in [2.75, 3.05) is 6.54 Å². The van der Waals surface area contributed by atoms with Crippen LogP contribution in [0.3, 0.4) is 0 Å². The van der Waals surface area contributed by atoms with E-state index < -0.39 is 6.10 Å². The van der Waals surface area contributed by atoms with Crippen molar-refractivity contribution in [3.05, 3.63) is 76.7 Å². The molecule has 0 aliphatic carbocycles. The fraction of sp³-hybridized carbons (Fsp3) is 0.143. The van der Waals surface area contributed by atoms with Gasteiger partial charge in [-0.2, -0.15) is 0 Å². The second kappa shape index (κ2) is 7.60. The van der Waals surface area contributed by atoms with Crippen LogP contribution < -0.4 is 5.32 Å². The van der Waals surface area contributed by atoms with Gasteiger partial charge in [0.15, 0.2) is 0 Å². The molecule has 2 heterocycles. The Labute approximate surface area is 165 Å². The number of aliphatic hydroxyl groups excluding tert-OH is 1. The Hall–Kier alpha value is -2.54. The topological polar surface area (TPSA) is 62.2 Å². The molecule has 2 aromatic heterocycles. The molecule has 0 aliphatic rings. The van der Waals surface area contributed by atoms with Crippen molar-refractivity contribution >= 4 is 38.8 Å². The number of fused-ring (bicyclic) bond motifs is 1. The second-order valence-electron chi connectivity index (χ2n) is 6.29. The van der Waals surface area contributed by atoms with Crippen molar-refractivity contribution in [1.29, 1.82) is 0 Å². The van der Waals surface area contributed by atoms with Crippen molar-refractivity contribution in [3.8, 4) is 9.88 Å². The normalized spacial score (nSPS) is 12.2. The van der Waals surface area contributed by atoms with E-state index in [1.54, 1.807) is 17.4 Å². The number of rotatable bonds is 5. The molecule has 0 fully saturated rings. The van der Waals surface area contributed by atoms with Crippen LogP contribution >= 0.6 is 22.7 Å². The van der Waals surface area contributed by atoms with E-state index in [0.717, 1.165) is 31.2 Å². The molecule has 4 nitrogen and oxygen atoms in total. The molecule has 0 saturated heterocycles. The summed E-state index contributed by atoms with van der Waals surface area (Å²) in [5.74, 6) is -0.182. The highest BCUT2D eigenvalue weighted by molar-refractivity contribution is 7.26. The molecular weight excluding hydrogens is 376 g/mol. The van der Waals surface area contributed by atoms with Crippen molar-refractivity contribution in [1.82, 2.24) is 10.3 Å². The van der Waals surface area contributed by atoms with Gasteiger partial charge >= 0.3 is 0 Å². The maximum absolute atomic E-state index is 12.4. The summed E-state index contributed by atoms with van der Waals surface area (Å²) < 4.78 is 1.13. The fourth-order valence-electron chi connectivity index (χ4n) is 2.74. The van der Waals surface area contributed by atoms with Gasteiger partial charge in [-0.25, -0.2) is 4.98 Å². The van der Waals surface area contributed by atoms with Crippen molar-refractivity contribution in [2.45, 2.75) is 13.0 Å². The summed E-state index contributed by atoms with van der Waals surface area (Å²) in [5, 5.41) is 14.0. The average Bonchev–Trinajstić information content (AvgIpc) is 3.33. The Morgan fingerprint density at radius 2 is 1.85 bits per heavy atom. The number of amides is 1. The first kappa shape index (κ1) is 17.9. The zero-order valence-corrected chi connectivity index (χ0v) is 16.3. The molecule has 27 heavy (non-hydrogen) atoms. The van der Waals surface area contributed by atoms with Crippen molar-refractivity contribution < 1.29 is 9.90 Å². The van der Waals surface area contributed by atoms with Crippen LogP contribution in [0.1, 0.15) is 26.9 Å². The molecule has 1 amide bonds. The highest BCUT2D eigenvalue weighted by Gasteiger charge is 2.15. The van der Waals surface area contributed by atoms with Gasteiger partial charge in [0.2, 0.25) is 0 Å². The molecule has 2 aromatic carbocycles. The van der Waals surface area contributed by atoms with E-state index in [4.69, 9.17) is 0 Å². The third kappa shape index (κ3) is 3.93. The number of aliphatic hydroxyl groups is 1. The van der Waals surface area contributed by atoms with Gasteiger partial charge < -0.3 is 10.4 Å². The summed E-state index contributed by atoms with van der Waals surface area (Å²) in [6.07, 6.45) is -0.724. The van der Waals surface area contributed by atoms with Crippen LogP contribution in [0.25, 0.3) is 20.1 Å². The highest BCUT2D eigenvalue weighted by Crippen LogP contribution is 2.34. The number of thiophene rings is 1. The summed E-state index contributed by atoms with van der Waals surface area (Å²) in [7, 11) is 0. The minimum atomic E-state index is -0.724. The Kier molecular flexibility index (Phi) is 5.03. The molecule has 1 atom stereocenters. The van der Waals surface area contributed by atoms with Gasteiger partial charge in [0.1, 0.15) is 5.01 Å². The minimum Gasteiger partial charge on any atom is -0.387 e. The standard InChI is InChI=1S/C21H18N2O2S2/c1-13-6-8-14(9-7-13)16(24)12-22-20(25)18-10-11-19(26-18)21-23-15-4-2-3-5-17(15)27-21/h2-11,16,24H,12H2,1H3,(H,22,25)/t16-/m1/s1. The zero-order chi connectivity index (χ0) is 18.8. The number of hydrogen-bond donors (Lipinski definition) is 2. The molecule has 0 saturated carbocycles. The third-order valence-electron chi connectivity index (χ3n) is 4.25. The molecule has 0 spiro atoms. The molecule has 4 aromatic rings. The lowest BCUT2D eigenvalue weighted by Gasteiger charge is -2.12. The molecule has 6 heteroatoms. The lowest BCUT2D eigenvalue weighted by atomic mass is 10.1. The summed E-state index contributed by atoms with van der Waals surface area (Å²) in [6.45, 7) is 2.17. The Bertz CT molecular complexity index is 1050. The van der Waals surface area contributed by atoms with Gasteiger partial charge in [-0.1, -0.05) is 42.0 Å². The molecule has 0 aliphatic heterocycles. The van der Waals surface area contributed by atoms with E-state index in [1.165, 1.54) is 11.3 Å². The molecule has 4 rings (SSSR count). The molecule has 0 bridgehead atoms. The van der Waals surface area contributed by atoms with Gasteiger partial charge in [-0.3, -0.25) is 4.79 Å². The fourth-order valence-corrected chi connectivity index (χ4v) is 4.68. The van der Waals surface area contributed by atoms with Crippen molar-refractivity contribution in [2.24, 2.45) is 0 Å². The SMILES string of the molecule is Cc1ccc([C@H](O)CNC(=O)c2ccc(-c3nc4ccccc4s3)s2)cc1. The second-order valence-corrected chi connectivity index (χ2v) is 8.40. The van der Waals surface area contributed by atoms with E-state index in [2.05, 4.69) is 10.3 Å². The van der Waals surface area contributed by atoms with Gasteiger partial charge in [0.05, 0.1) is 26.1 Å². The maximum Gasteiger partial charge on any atom is 0.261 e. The highest BCUT2D eigenvalue weighted by atomic mass is 32.1.